The number of aryl methyl sites for hydroxylation is 4. The summed E-state index contributed by atoms with van der Waals surface area (Å²) in [5.41, 5.74) is 4.71. The Morgan fingerprint density at radius 3 is 2.13 bits per heavy atom. The van der Waals surface area contributed by atoms with Crippen molar-refractivity contribution in [3.63, 3.8) is 0 Å². The van der Waals surface area contributed by atoms with Crippen LogP contribution in [0.25, 0.3) is 66.7 Å². The van der Waals surface area contributed by atoms with Crippen LogP contribution in [0, 0.1) is 56.3 Å². The largest absolute Gasteiger partial charge is 0.491 e. The zero-order chi connectivity index (χ0) is 54.0. The first-order valence-electron chi connectivity index (χ1n) is 27.0. The Labute approximate surface area is 401 Å². The Balaban J connectivity index is 0.000000328. The summed E-state index contributed by atoms with van der Waals surface area (Å²) in [6.07, 6.45) is 5.50. The SMILES string of the molecule is [2H]C([2H])([2H])c1c[c-]c(-c2ccc([Si](C)(C)C)cn2)cc1.[2H]C([2H])([2H])c1cnc(-c2[c-]c(-c3c(C([2H])([2H])[2H])cccc3C([2H])([2H])[2H])cc3c2oc2c(-c4ccccc4)c(C#N)ccc23)cc1C1([2H])CCC(C)(C)CC1.[Ir]. The monoisotopic (exact) mass is 1020 g/mol. The van der Waals surface area contributed by atoms with Crippen LogP contribution in [0.3, 0.4) is 0 Å². The molecule has 0 aliphatic heterocycles. The number of furan rings is 1. The molecule has 6 heteroatoms. The zero-order valence-electron chi connectivity index (χ0n) is 48.4. The third-order valence-corrected chi connectivity index (χ3v) is 13.7. The summed E-state index contributed by atoms with van der Waals surface area (Å²) < 4.78 is 114. The number of aromatic nitrogens is 2. The van der Waals surface area contributed by atoms with Gasteiger partial charge in [0.25, 0.3) is 0 Å². The number of nitriles is 1. The molecule has 0 unspecified atom stereocenters. The molecule has 62 heavy (non-hydrogen) atoms. The minimum absolute atomic E-state index is 0. The molecular formula is C56H55IrN3OSi-2. The van der Waals surface area contributed by atoms with E-state index >= 15 is 0 Å². The Kier molecular flexibility index (Phi) is 8.93. The van der Waals surface area contributed by atoms with Gasteiger partial charge in [0.15, 0.2) is 0 Å². The van der Waals surface area contributed by atoms with Crippen LogP contribution in [0.5, 0.6) is 0 Å². The van der Waals surface area contributed by atoms with Crippen molar-refractivity contribution in [3.8, 4) is 50.8 Å². The van der Waals surface area contributed by atoms with Gasteiger partial charge in [0.1, 0.15) is 5.58 Å². The van der Waals surface area contributed by atoms with Crippen molar-refractivity contribution >= 4 is 35.2 Å². The maximum Gasteiger partial charge on any atom is 0.132 e. The smallest absolute Gasteiger partial charge is 0.132 e. The summed E-state index contributed by atoms with van der Waals surface area (Å²) in [5.74, 6) is -1.23. The number of nitrogens with zero attached hydrogens (tertiary/aromatic N) is 3. The Bertz CT molecular complexity index is 3330. The van der Waals surface area contributed by atoms with Gasteiger partial charge in [0.2, 0.25) is 0 Å². The first kappa shape index (κ1) is 30.6. The standard InChI is InChI=1S/C41H37N2O.C15H18NSi.Ir/c1-25-10-9-11-26(2)37(25)31-20-34-32-15-14-30(23-42)38(29-12-7-6-8-13-29)40(32)44-39(34)35(21-31)36-22-33(27(3)24-43-36)28-16-18-41(4,5)19-17-28;1-12-5-7-13(8-6-12)15-10-9-14(11-16-15)17(2,3)4;/h6-15,20,22,24,28H,16-19H2,1-5H3;5-7,9-11H,1-4H3;/q2*-1;/i1D3,2D3,3D3,28D;1D3;. The van der Waals surface area contributed by atoms with Gasteiger partial charge in [0, 0.05) is 67.0 Å². The van der Waals surface area contributed by atoms with Gasteiger partial charge in [-0.25, -0.2) is 0 Å². The van der Waals surface area contributed by atoms with Gasteiger partial charge in [0.05, 0.1) is 25.3 Å². The normalized spacial score (nSPS) is 18.3. The number of hydrogen-bond acceptors (Lipinski definition) is 4. The number of rotatable bonds is 6. The van der Waals surface area contributed by atoms with E-state index in [-0.39, 0.29) is 70.2 Å². The molecule has 4 nitrogen and oxygen atoms in total. The maximum atomic E-state index is 10.2. The van der Waals surface area contributed by atoms with Crippen molar-refractivity contribution < 1.29 is 42.3 Å². The molecule has 5 aromatic carbocycles. The number of fused-ring (bicyclic) bond motifs is 3. The van der Waals surface area contributed by atoms with Crippen molar-refractivity contribution in [2.24, 2.45) is 5.41 Å². The Morgan fingerprint density at radius 1 is 0.758 bits per heavy atom. The second-order valence-electron chi connectivity index (χ2n) is 17.5. The minimum Gasteiger partial charge on any atom is -0.491 e. The summed E-state index contributed by atoms with van der Waals surface area (Å²) in [7, 11) is -1.34. The molecule has 0 spiro atoms. The fourth-order valence-corrected chi connectivity index (χ4v) is 9.02. The molecule has 3 aromatic heterocycles. The van der Waals surface area contributed by atoms with E-state index in [0.29, 0.717) is 51.5 Å². The van der Waals surface area contributed by atoms with Gasteiger partial charge in [-0.2, -0.15) is 5.26 Å². The minimum atomic E-state index is -2.70. The van der Waals surface area contributed by atoms with E-state index in [2.05, 4.69) is 67.7 Å². The molecule has 0 N–H and O–H groups in total. The number of pyridine rings is 2. The van der Waals surface area contributed by atoms with Crippen LogP contribution in [-0.2, 0) is 20.1 Å². The van der Waals surface area contributed by atoms with Crippen molar-refractivity contribution in [1.82, 2.24) is 9.97 Å². The molecule has 0 amide bonds. The van der Waals surface area contributed by atoms with Crippen LogP contribution in [-0.4, -0.2) is 18.0 Å². The molecule has 0 saturated heterocycles. The number of hydrogen-bond donors (Lipinski definition) is 0. The summed E-state index contributed by atoms with van der Waals surface area (Å²) in [4.78, 5) is 9.10. The van der Waals surface area contributed by atoms with Crippen molar-refractivity contribution in [2.45, 2.75) is 92.5 Å². The molecule has 1 aliphatic rings. The third-order valence-electron chi connectivity index (χ3n) is 11.7. The van der Waals surface area contributed by atoms with Crippen molar-refractivity contribution in [2.75, 3.05) is 0 Å². The van der Waals surface area contributed by atoms with E-state index in [1.165, 1.54) is 35.6 Å². The molecular weight excluding hydrogens is 951 g/mol. The summed E-state index contributed by atoms with van der Waals surface area (Å²) in [5, 5.41) is 12.5. The average molecular weight is 1020 g/mol. The van der Waals surface area contributed by atoms with E-state index in [9.17, 15) is 6.63 Å². The van der Waals surface area contributed by atoms with Gasteiger partial charge in [-0.05, 0) is 96.6 Å². The molecule has 9 rings (SSSR count). The van der Waals surface area contributed by atoms with Gasteiger partial charge in [-0.3, -0.25) is 4.98 Å². The molecule has 315 valence electrons. The molecule has 0 bridgehead atoms. The molecule has 3 heterocycles. The Hall–Kier alpha value is -5.44. The molecule has 1 aliphatic carbocycles. The van der Waals surface area contributed by atoms with E-state index in [1.807, 2.05) is 42.6 Å². The molecule has 0 atom stereocenters. The molecule has 1 fully saturated rings. The van der Waals surface area contributed by atoms with Crippen LogP contribution < -0.4 is 5.19 Å². The van der Waals surface area contributed by atoms with Gasteiger partial charge >= 0.3 is 0 Å². The van der Waals surface area contributed by atoms with Crippen LogP contribution >= 0.6 is 0 Å². The van der Waals surface area contributed by atoms with E-state index in [1.54, 1.807) is 36.4 Å². The first-order valence-corrected chi connectivity index (χ1v) is 24.0. The average Bonchev–Trinajstić information content (AvgIpc) is 3.72. The Morgan fingerprint density at radius 2 is 1.50 bits per heavy atom. The van der Waals surface area contributed by atoms with Gasteiger partial charge in [-0.1, -0.05) is 135 Å². The topological polar surface area (TPSA) is 62.7 Å². The summed E-state index contributed by atoms with van der Waals surface area (Å²) in [6.45, 7) is 1.08. The fraction of sp³-hybridized carbons (Fsp3) is 0.268. The van der Waals surface area contributed by atoms with Crippen molar-refractivity contribution in [3.05, 3.63) is 161 Å². The first-order chi connectivity index (χ1) is 34.4. The second kappa shape index (κ2) is 18.1. The van der Waals surface area contributed by atoms with Crippen LogP contribution in [0.15, 0.2) is 120 Å². The predicted octanol–water partition coefficient (Wildman–Crippen LogP) is 14.7. The van der Waals surface area contributed by atoms with E-state index in [4.69, 9.17) is 20.9 Å². The second-order valence-corrected chi connectivity index (χ2v) is 22.6. The van der Waals surface area contributed by atoms with Crippen LogP contribution in [0.2, 0.25) is 19.6 Å². The van der Waals surface area contributed by atoms with Crippen LogP contribution in [0.4, 0.5) is 0 Å². The van der Waals surface area contributed by atoms with Crippen LogP contribution in [0.1, 0.15) is 96.6 Å². The van der Waals surface area contributed by atoms with E-state index in [0.717, 1.165) is 29.7 Å². The summed E-state index contributed by atoms with van der Waals surface area (Å²) in [6, 6.07) is 37.7. The molecule has 1 saturated carbocycles. The predicted molar refractivity (Wildman–Crippen MR) is 257 cm³/mol. The van der Waals surface area contributed by atoms with Gasteiger partial charge < -0.3 is 9.40 Å². The third kappa shape index (κ3) is 9.18. The van der Waals surface area contributed by atoms with Crippen molar-refractivity contribution in [1.29, 1.82) is 5.26 Å². The maximum absolute atomic E-state index is 10.2. The van der Waals surface area contributed by atoms with E-state index < -0.39 is 41.4 Å². The quantitative estimate of drug-likeness (QED) is 0.123. The zero-order valence-corrected chi connectivity index (χ0v) is 38.8. The fourth-order valence-electron chi connectivity index (χ4n) is 7.99. The summed E-state index contributed by atoms with van der Waals surface area (Å²) >= 11 is 0. The molecule has 8 aromatic rings. The van der Waals surface area contributed by atoms with Gasteiger partial charge in [-0.15, -0.1) is 53.1 Å². The molecule has 1 radical (unpaired) electrons. The number of benzene rings is 5.